The fraction of sp³-hybridized carbons (Fsp3) is 0.633. The molecule has 5 aliphatic carbocycles. The number of esters is 1. The van der Waals surface area contributed by atoms with E-state index in [0.717, 1.165) is 115 Å². The number of halogens is 1. The van der Waals surface area contributed by atoms with Crippen LogP contribution in [0.2, 0.25) is 0 Å². The summed E-state index contributed by atoms with van der Waals surface area (Å²) in [6.45, 7) is 8.62. The van der Waals surface area contributed by atoms with Crippen molar-refractivity contribution in [2.24, 2.45) is 40.4 Å². The largest absolute Gasteiger partial charge is 1.00 e. The number of carbonyl (C=O) groups excluding carboxylic acids is 3. The summed E-state index contributed by atoms with van der Waals surface area (Å²) in [5.41, 5.74) is 2.26. The molecule has 3 aromatic rings. The number of hydrogen-bond acceptors (Lipinski definition) is 12. The second-order valence-corrected chi connectivity index (χ2v) is 24.5. The number of fused-ring (bicyclic) bond motifs is 7. The zero-order valence-corrected chi connectivity index (χ0v) is 47.4. The second-order valence-electron chi connectivity index (χ2n) is 23.3. The van der Waals surface area contributed by atoms with Crippen molar-refractivity contribution in [2.75, 3.05) is 32.9 Å². The lowest BCUT2D eigenvalue weighted by molar-refractivity contribution is -0.694. The van der Waals surface area contributed by atoms with Gasteiger partial charge in [-0.3, -0.25) is 24.2 Å². The number of hydrogen-bond donors (Lipinski definition) is 5. The summed E-state index contributed by atoms with van der Waals surface area (Å²) in [6.07, 6.45) is 20.6. The molecule has 0 spiro atoms. The van der Waals surface area contributed by atoms with Crippen LogP contribution in [0.3, 0.4) is 0 Å². The van der Waals surface area contributed by atoms with Gasteiger partial charge in [0.1, 0.15) is 37.8 Å². The molecule has 9 rings (SSSR count). The molecule has 78 heavy (non-hydrogen) atoms. The molecule has 18 heteroatoms. The van der Waals surface area contributed by atoms with Crippen LogP contribution in [-0.4, -0.2) is 99.6 Å². The van der Waals surface area contributed by atoms with Gasteiger partial charge >= 0.3 is 13.8 Å². The van der Waals surface area contributed by atoms with Crippen molar-refractivity contribution in [2.45, 2.75) is 167 Å². The van der Waals surface area contributed by atoms with E-state index in [1.165, 1.54) is 18.1 Å². The molecule has 1 aromatic heterocycles. The van der Waals surface area contributed by atoms with Crippen LogP contribution in [0.1, 0.15) is 139 Å². The number of aromatic nitrogens is 2. The number of aliphatic hydroxyl groups excluding tert-OH is 2. The summed E-state index contributed by atoms with van der Waals surface area (Å²) >= 11 is 0. The van der Waals surface area contributed by atoms with Crippen LogP contribution in [-0.2, 0) is 57.4 Å². The number of unbranched alkanes of at least 4 members (excludes halogenated alkanes) is 4. The van der Waals surface area contributed by atoms with E-state index in [4.69, 9.17) is 23.5 Å². The van der Waals surface area contributed by atoms with E-state index in [1.807, 2.05) is 28.2 Å². The molecule has 0 bridgehead atoms. The van der Waals surface area contributed by atoms with Gasteiger partial charge in [0.05, 0.1) is 36.8 Å². The molecule has 11 atom stereocenters. The average Bonchev–Trinajstić information content (AvgIpc) is 3.73. The fourth-order valence-corrected chi connectivity index (χ4v) is 14.9. The maximum Gasteiger partial charge on any atom is 0.524 e. The Morgan fingerprint density at radius 1 is 0.949 bits per heavy atom. The third-order valence-electron chi connectivity index (χ3n) is 18.3. The van der Waals surface area contributed by atoms with Crippen LogP contribution in [0.15, 0.2) is 84.7 Å². The lowest BCUT2D eigenvalue weighted by Crippen LogP contribution is -3.00. The van der Waals surface area contributed by atoms with Gasteiger partial charge < -0.3 is 51.4 Å². The van der Waals surface area contributed by atoms with Crippen molar-refractivity contribution in [1.29, 1.82) is 0 Å². The predicted octanol–water partition coefficient (Wildman–Crippen LogP) is 5.14. The average molecular weight is 1120 g/mol. The van der Waals surface area contributed by atoms with E-state index in [0.29, 0.717) is 24.1 Å². The smallest absolute Gasteiger partial charge is 0.524 e. The molecule has 1 aliphatic heterocycles. The molecule has 16 nitrogen and oxygen atoms in total. The Morgan fingerprint density at radius 3 is 2.46 bits per heavy atom. The number of phosphoric ester groups is 1. The van der Waals surface area contributed by atoms with E-state index in [9.17, 15) is 38.9 Å². The highest BCUT2D eigenvalue weighted by atomic mass is 35.5. The highest BCUT2D eigenvalue weighted by molar-refractivity contribution is 7.46. The summed E-state index contributed by atoms with van der Waals surface area (Å²) in [7, 11) is -4.91. The zero-order chi connectivity index (χ0) is 54.3. The maximum absolute atomic E-state index is 14.6. The van der Waals surface area contributed by atoms with Gasteiger partial charge in [-0.05, 0) is 123 Å². The number of aryl methyl sites for hydroxylation is 2. The number of phosphoric acid groups is 1. The number of ether oxygens (including phenoxy) is 4. The first-order valence-corrected chi connectivity index (χ1v) is 30.1. The highest BCUT2D eigenvalue weighted by Crippen LogP contribution is 2.68. The Balaban J connectivity index is 0.00000803. The standard InChI is InChI=1S/C60H82N3O13P.ClH/c1-40-62(30-31-63(40)38-44-34-43(21-24-51(44)76-77(69,70)71)49(66)37-61-28-13-4-5-14-32-72-33-15-12-18-41-16-8-6-9-17-41)29-26-52(68)73-39-50(67)55-57-56(74-58(75-57)42-19-10-7-11-20-42)54-47-23-22-45-35-46(64)25-27-59(45,2)53(47)48(65)36-60(54,55)3;/h6,8-9,16-17,21,24-25,27,30-31,34-35,42,47-49,53-58,61,65-66H,4-5,7,10-15,18-20,22-23,26,28-29,32-33,36-39H2,1-3H3,(H-,69,70,71);1H/t47?,48-,49?,53?,54?,55-,56?,57+,58+,59-,60-;/m0./s1. The van der Waals surface area contributed by atoms with E-state index in [1.54, 1.807) is 36.7 Å². The SMILES string of the molecule is Cc1n(CCC(=O)OCC(=O)[C@H]2[C@H]3O[C@H](C4CCCCC4)OC3C3C4CCC5=CC(=O)C=C[C@]5(C)C4[C@@H](O)C[C@@]32C)cc[n+]1Cc1cc(C(O)CNCCCCCCOCCCCc2ccccc2)ccc1OP(=O)(O)O.[Cl-]. The molecule has 5 N–H and O–H groups in total. The minimum absolute atomic E-state index is 0. The van der Waals surface area contributed by atoms with Crippen LogP contribution in [0.4, 0.5) is 0 Å². The third kappa shape index (κ3) is 14.0. The summed E-state index contributed by atoms with van der Waals surface area (Å²) in [5.74, 6) is -0.697. The monoisotopic (exact) mass is 1120 g/mol. The third-order valence-corrected chi connectivity index (χ3v) is 18.7. The van der Waals surface area contributed by atoms with Crippen LogP contribution in [0.5, 0.6) is 5.75 Å². The lowest BCUT2D eigenvalue weighted by atomic mass is 9.46. The van der Waals surface area contributed by atoms with Gasteiger partial charge in [0.15, 0.2) is 17.9 Å². The van der Waals surface area contributed by atoms with E-state index in [2.05, 4.69) is 43.4 Å². The van der Waals surface area contributed by atoms with Crippen LogP contribution in [0.25, 0.3) is 0 Å². The van der Waals surface area contributed by atoms with E-state index >= 15 is 0 Å². The molecule has 2 heterocycles. The number of imidazole rings is 1. The second kappa shape index (κ2) is 26.7. The number of Topliss-reactive ketones (excluding diaryl/α,β-unsaturated/α-hetero) is 1. The van der Waals surface area contributed by atoms with E-state index in [-0.39, 0.29) is 79.0 Å². The van der Waals surface area contributed by atoms with Gasteiger partial charge in [0.2, 0.25) is 0 Å². The molecule has 0 amide bonds. The molecule has 428 valence electrons. The molecule has 6 aliphatic rings. The first kappa shape index (κ1) is 60.0. The van der Waals surface area contributed by atoms with Crippen molar-refractivity contribution in [3.63, 3.8) is 0 Å². The molecule has 4 saturated carbocycles. The molecule has 0 radical (unpaired) electrons. The number of benzene rings is 2. The quantitative estimate of drug-likeness (QED) is 0.0305. The summed E-state index contributed by atoms with van der Waals surface area (Å²) in [5, 5.41) is 26.6. The van der Waals surface area contributed by atoms with Crippen LogP contribution in [0, 0.1) is 47.3 Å². The van der Waals surface area contributed by atoms with Crippen molar-refractivity contribution < 1.29 is 79.4 Å². The number of ketones is 2. The number of rotatable bonds is 26. The van der Waals surface area contributed by atoms with Gasteiger partial charge in [-0.1, -0.05) is 94.0 Å². The van der Waals surface area contributed by atoms with Crippen molar-refractivity contribution in [3.8, 4) is 5.75 Å². The molecule has 2 aromatic carbocycles. The minimum atomic E-state index is -4.91. The summed E-state index contributed by atoms with van der Waals surface area (Å²) < 4.78 is 46.2. The lowest BCUT2D eigenvalue weighted by Gasteiger charge is -2.59. The topological polar surface area (TPSA) is 216 Å². The number of allylic oxidation sites excluding steroid dienone is 4. The first-order valence-electron chi connectivity index (χ1n) is 28.6. The predicted molar refractivity (Wildman–Crippen MR) is 287 cm³/mol. The molecular formula is C60H83ClN3O13P. The van der Waals surface area contributed by atoms with Gasteiger partial charge in [0, 0.05) is 49.5 Å². The van der Waals surface area contributed by atoms with Gasteiger partial charge in [-0.15, -0.1) is 0 Å². The maximum atomic E-state index is 14.6. The Morgan fingerprint density at radius 2 is 1.69 bits per heavy atom. The number of carbonyl (C=O) groups is 3. The van der Waals surface area contributed by atoms with Crippen molar-refractivity contribution in [3.05, 3.63) is 107 Å². The number of aliphatic hydroxyl groups is 2. The molecule has 1 saturated heterocycles. The van der Waals surface area contributed by atoms with Crippen molar-refractivity contribution >= 4 is 25.4 Å². The number of nitrogens with zero attached hydrogens (tertiary/aromatic N) is 2. The first-order chi connectivity index (χ1) is 37.0. The molecular weight excluding hydrogens is 1040 g/mol. The fourth-order valence-electron chi connectivity index (χ4n) is 14.4. The minimum Gasteiger partial charge on any atom is -1.00 e. The summed E-state index contributed by atoms with van der Waals surface area (Å²) in [6, 6.07) is 15.3. The number of nitrogens with one attached hydrogen (secondary N) is 1. The van der Waals surface area contributed by atoms with Gasteiger partial charge in [-0.25, -0.2) is 13.7 Å². The zero-order valence-electron chi connectivity index (χ0n) is 45.7. The highest BCUT2D eigenvalue weighted by Gasteiger charge is 2.71. The van der Waals surface area contributed by atoms with E-state index < -0.39 is 61.7 Å². The van der Waals surface area contributed by atoms with Gasteiger partial charge in [0.25, 0.3) is 5.82 Å². The Hall–Kier alpha value is -4.06. The Kier molecular flexibility index (Phi) is 20.5. The van der Waals surface area contributed by atoms with Gasteiger partial charge in [-0.2, -0.15) is 0 Å². The normalized spacial score (nSPS) is 28.9. The Bertz CT molecular complexity index is 2640. The Labute approximate surface area is 466 Å². The molecule has 5 fully saturated rings. The summed E-state index contributed by atoms with van der Waals surface area (Å²) in [4.78, 5) is 60.1. The van der Waals surface area contributed by atoms with Crippen LogP contribution < -0.4 is 26.8 Å². The van der Waals surface area contributed by atoms with Crippen molar-refractivity contribution in [1.82, 2.24) is 9.88 Å². The van der Waals surface area contributed by atoms with Crippen LogP contribution >= 0.6 is 7.82 Å². The molecule has 5 unspecified atom stereocenters.